The Bertz CT molecular complexity index is 371. The van der Waals surface area contributed by atoms with E-state index in [0.717, 1.165) is 12.8 Å². The van der Waals surface area contributed by atoms with Crippen LogP contribution in [0.3, 0.4) is 0 Å². The molecule has 0 heterocycles. The Balaban J connectivity index is 2.05. The minimum atomic E-state index is -0.555. The molecule has 1 unspecified atom stereocenters. The SMILES string of the molecule is CC(C)CCCOCC(O)CNCc1ccccc1F. The van der Waals surface area contributed by atoms with E-state index >= 15 is 0 Å². The monoisotopic (exact) mass is 283 g/mol. The van der Waals surface area contributed by atoms with Gasteiger partial charge in [-0.25, -0.2) is 4.39 Å². The highest BCUT2D eigenvalue weighted by atomic mass is 19.1. The van der Waals surface area contributed by atoms with Gasteiger partial charge in [-0.3, -0.25) is 0 Å². The summed E-state index contributed by atoms with van der Waals surface area (Å²) >= 11 is 0. The average molecular weight is 283 g/mol. The number of hydrogen-bond acceptors (Lipinski definition) is 3. The van der Waals surface area contributed by atoms with Crippen LogP contribution in [-0.2, 0) is 11.3 Å². The first-order chi connectivity index (χ1) is 9.59. The smallest absolute Gasteiger partial charge is 0.127 e. The highest BCUT2D eigenvalue weighted by Crippen LogP contribution is 2.05. The summed E-state index contributed by atoms with van der Waals surface area (Å²) in [6, 6.07) is 6.63. The van der Waals surface area contributed by atoms with E-state index in [4.69, 9.17) is 4.74 Å². The molecule has 0 saturated heterocycles. The standard InChI is InChI=1S/C16H26FNO2/c1-13(2)6-5-9-20-12-15(19)11-18-10-14-7-3-4-8-16(14)17/h3-4,7-8,13,15,18-19H,5-6,9-12H2,1-2H3. The van der Waals surface area contributed by atoms with E-state index in [1.165, 1.54) is 6.07 Å². The van der Waals surface area contributed by atoms with Crippen molar-refractivity contribution in [1.82, 2.24) is 5.32 Å². The van der Waals surface area contributed by atoms with Crippen LogP contribution in [0.5, 0.6) is 0 Å². The molecule has 0 spiro atoms. The van der Waals surface area contributed by atoms with E-state index in [1.807, 2.05) is 0 Å². The average Bonchev–Trinajstić information content (AvgIpc) is 2.40. The summed E-state index contributed by atoms with van der Waals surface area (Å²) in [6.45, 7) is 6.18. The number of nitrogens with one attached hydrogen (secondary N) is 1. The van der Waals surface area contributed by atoms with Gasteiger partial charge in [-0.15, -0.1) is 0 Å². The lowest BCUT2D eigenvalue weighted by Gasteiger charge is -2.13. The molecule has 2 N–H and O–H groups in total. The fraction of sp³-hybridized carbons (Fsp3) is 0.625. The Morgan fingerprint density at radius 1 is 1.30 bits per heavy atom. The fourth-order valence-electron chi connectivity index (χ4n) is 1.89. The van der Waals surface area contributed by atoms with Gasteiger partial charge < -0.3 is 15.2 Å². The third-order valence-corrected chi connectivity index (χ3v) is 3.03. The van der Waals surface area contributed by atoms with E-state index in [0.29, 0.717) is 37.8 Å². The lowest BCUT2D eigenvalue weighted by Crippen LogP contribution is -2.30. The Morgan fingerprint density at radius 3 is 2.75 bits per heavy atom. The lowest BCUT2D eigenvalue weighted by molar-refractivity contribution is 0.0346. The molecule has 1 atom stereocenters. The summed E-state index contributed by atoms with van der Waals surface area (Å²) in [5.41, 5.74) is 0.609. The van der Waals surface area contributed by atoms with Gasteiger partial charge in [0.1, 0.15) is 5.82 Å². The van der Waals surface area contributed by atoms with E-state index < -0.39 is 6.10 Å². The van der Waals surface area contributed by atoms with Crippen molar-refractivity contribution in [2.75, 3.05) is 19.8 Å². The number of aliphatic hydroxyl groups is 1. The molecule has 1 aromatic rings. The zero-order valence-corrected chi connectivity index (χ0v) is 12.4. The maximum atomic E-state index is 13.3. The maximum Gasteiger partial charge on any atom is 0.127 e. The summed E-state index contributed by atoms with van der Waals surface area (Å²) in [6.07, 6.45) is 1.61. The zero-order chi connectivity index (χ0) is 14.8. The van der Waals surface area contributed by atoms with Gasteiger partial charge in [-0.1, -0.05) is 32.0 Å². The normalized spacial score (nSPS) is 12.8. The minimum absolute atomic E-state index is 0.223. The Labute approximate surface area is 121 Å². The molecule has 0 fully saturated rings. The topological polar surface area (TPSA) is 41.5 Å². The van der Waals surface area contributed by atoms with Crippen LogP contribution in [0.15, 0.2) is 24.3 Å². The highest BCUT2D eigenvalue weighted by molar-refractivity contribution is 5.16. The zero-order valence-electron chi connectivity index (χ0n) is 12.4. The highest BCUT2D eigenvalue weighted by Gasteiger charge is 2.05. The molecule has 0 bridgehead atoms. The predicted molar refractivity (Wildman–Crippen MR) is 79.0 cm³/mol. The quantitative estimate of drug-likeness (QED) is 0.649. The van der Waals surface area contributed by atoms with Gasteiger partial charge in [0.2, 0.25) is 0 Å². The predicted octanol–water partition coefficient (Wildman–Crippen LogP) is 2.73. The van der Waals surface area contributed by atoms with Crippen LogP contribution in [0.25, 0.3) is 0 Å². The number of rotatable bonds is 10. The molecule has 0 radical (unpaired) electrons. The molecular formula is C16H26FNO2. The molecule has 0 saturated carbocycles. The van der Waals surface area contributed by atoms with E-state index in [9.17, 15) is 9.50 Å². The summed E-state index contributed by atoms with van der Waals surface area (Å²) in [5, 5.41) is 12.8. The Hall–Kier alpha value is -0.970. The van der Waals surface area contributed by atoms with Gasteiger partial charge in [0, 0.05) is 25.3 Å². The molecule has 114 valence electrons. The first-order valence-electron chi connectivity index (χ1n) is 7.29. The van der Waals surface area contributed by atoms with Crippen molar-refractivity contribution in [2.45, 2.75) is 39.3 Å². The first-order valence-corrected chi connectivity index (χ1v) is 7.29. The third kappa shape index (κ3) is 7.58. The van der Waals surface area contributed by atoms with Crippen molar-refractivity contribution in [3.05, 3.63) is 35.6 Å². The van der Waals surface area contributed by atoms with Gasteiger partial charge >= 0.3 is 0 Å². The second-order valence-corrected chi connectivity index (χ2v) is 5.49. The summed E-state index contributed by atoms with van der Waals surface area (Å²) in [4.78, 5) is 0. The molecule has 0 amide bonds. The Morgan fingerprint density at radius 2 is 2.05 bits per heavy atom. The summed E-state index contributed by atoms with van der Waals surface area (Å²) < 4.78 is 18.7. The fourth-order valence-corrected chi connectivity index (χ4v) is 1.89. The van der Waals surface area contributed by atoms with Crippen molar-refractivity contribution in [3.63, 3.8) is 0 Å². The van der Waals surface area contributed by atoms with Crippen LogP contribution in [0.2, 0.25) is 0 Å². The molecule has 0 aromatic heterocycles. The molecule has 0 aliphatic rings. The summed E-state index contributed by atoms with van der Waals surface area (Å²) in [5.74, 6) is 0.463. The number of aliphatic hydroxyl groups excluding tert-OH is 1. The van der Waals surface area contributed by atoms with Crippen LogP contribution in [-0.4, -0.2) is 31.0 Å². The molecule has 1 rings (SSSR count). The molecule has 4 heteroatoms. The number of hydrogen-bond donors (Lipinski definition) is 2. The third-order valence-electron chi connectivity index (χ3n) is 3.03. The van der Waals surface area contributed by atoms with Gasteiger partial charge in [0.25, 0.3) is 0 Å². The van der Waals surface area contributed by atoms with Crippen LogP contribution in [0.1, 0.15) is 32.3 Å². The van der Waals surface area contributed by atoms with E-state index in [1.54, 1.807) is 18.2 Å². The van der Waals surface area contributed by atoms with E-state index in [2.05, 4.69) is 19.2 Å². The number of benzene rings is 1. The van der Waals surface area contributed by atoms with Crippen LogP contribution < -0.4 is 5.32 Å². The minimum Gasteiger partial charge on any atom is -0.389 e. The van der Waals surface area contributed by atoms with Gasteiger partial charge in [-0.05, 0) is 24.8 Å². The lowest BCUT2D eigenvalue weighted by atomic mass is 10.1. The molecular weight excluding hydrogens is 257 g/mol. The second-order valence-electron chi connectivity index (χ2n) is 5.49. The largest absolute Gasteiger partial charge is 0.389 e. The van der Waals surface area contributed by atoms with Crippen molar-refractivity contribution < 1.29 is 14.2 Å². The molecule has 3 nitrogen and oxygen atoms in total. The second kappa shape index (κ2) is 9.86. The van der Waals surface area contributed by atoms with Crippen molar-refractivity contribution in [3.8, 4) is 0 Å². The maximum absolute atomic E-state index is 13.3. The van der Waals surface area contributed by atoms with Gasteiger partial charge in [-0.2, -0.15) is 0 Å². The molecule has 0 aliphatic carbocycles. The number of halogens is 1. The Kier molecular flexibility index (Phi) is 8.42. The molecule has 1 aromatic carbocycles. The van der Waals surface area contributed by atoms with Crippen LogP contribution >= 0.6 is 0 Å². The molecule has 0 aliphatic heterocycles. The van der Waals surface area contributed by atoms with Crippen LogP contribution in [0.4, 0.5) is 4.39 Å². The first kappa shape index (κ1) is 17.1. The van der Waals surface area contributed by atoms with Crippen molar-refractivity contribution in [1.29, 1.82) is 0 Å². The molecule has 20 heavy (non-hydrogen) atoms. The van der Waals surface area contributed by atoms with Crippen molar-refractivity contribution >= 4 is 0 Å². The van der Waals surface area contributed by atoms with Crippen molar-refractivity contribution in [2.24, 2.45) is 5.92 Å². The van der Waals surface area contributed by atoms with Gasteiger partial charge in [0.15, 0.2) is 0 Å². The van der Waals surface area contributed by atoms with E-state index in [-0.39, 0.29) is 5.82 Å². The summed E-state index contributed by atoms with van der Waals surface area (Å²) in [7, 11) is 0. The van der Waals surface area contributed by atoms with Gasteiger partial charge in [0.05, 0.1) is 12.7 Å². The number of ether oxygens (including phenoxy) is 1. The van der Waals surface area contributed by atoms with Crippen LogP contribution in [0, 0.1) is 11.7 Å².